The van der Waals surface area contributed by atoms with Gasteiger partial charge in [-0.1, -0.05) is 12.1 Å². The van der Waals surface area contributed by atoms with Gasteiger partial charge in [0.25, 0.3) is 0 Å². The van der Waals surface area contributed by atoms with Gasteiger partial charge < -0.3 is 14.8 Å². The summed E-state index contributed by atoms with van der Waals surface area (Å²) in [6, 6.07) is 7.56. The van der Waals surface area contributed by atoms with E-state index < -0.39 is 0 Å². The van der Waals surface area contributed by atoms with Crippen molar-refractivity contribution in [3.63, 3.8) is 0 Å². The van der Waals surface area contributed by atoms with Gasteiger partial charge >= 0.3 is 0 Å². The molecule has 0 fully saturated rings. The van der Waals surface area contributed by atoms with Crippen molar-refractivity contribution >= 4 is 5.91 Å². The van der Waals surface area contributed by atoms with Crippen molar-refractivity contribution in [1.29, 1.82) is 0 Å². The summed E-state index contributed by atoms with van der Waals surface area (Å²) in [5, 5.41) is 2.83. The molecule has 1 aromatic carbocycles. The second-order valence-corrected chi connectivity index (χ2v) is 3.50. The van der Waals surface area contributed by atoms with Crippen molar-refractivity contribution in [2.75, 3.05) is 20.8 Å². The van der Waals surface area contributed by atoms with Gasteiger partial charge in [-0.05, 0) is 24.6 Å². The summed E-state index contributed by atoms with van der Waals surface area (Å²) in [6.07, 6.45) is 0. The Kier molecular flexibility index (Phi) is 4.79. The van der Waals surface area contributed by atoms with Gasteiger partial charge in [0, 0.05) is 7.11 Å². The number of amides is 1. The first-order valence-electron chi connectivity index (χ1n) is 5.09. The van der Waals surface area contributed by atoms with Crippen molar-refractivity contribution in [2.24, 2.45) is 0 Å². The fourth-order valence-corrected chi connectivity index (χ4v) is 1.39. The topological polar surface area (TPSA) is 47.6 Å². The van der Waals surface area contributed by atoms with Crippen LogP contribution in [0.1, 0.15) is 18.5 Å². The van der Waals surface area contributed by atoms with Crippen molar-refractivity contribution in [3.05, 3.63) is 29.8 Å². The van der Waals surface area contributed by atoms with Gasteiger partial charge in [-0.15, -0.1) is 0 Å². The molecular formula is C12H17NO3. The lowest BCUT2D eigenvalue weighted by Crippen LogP contribution is -2.29. The van der Waals surface area contributed by atoms with Crippen LogP contribution < -0.4 is 10.1 Å². The van der Waals surface area contributed by atoms with Gasteiger partial charge in [-0.2, -0.15) is 0 Å². The van der Waals surface area contributed by atoms with E-state index in [9.17, 15) is 4.79 Å². The number of benzene rings is 1. The molecule has 0 aliphatic rings. The molecule has 1 N–H and O–H groups in total. The Labute approximate surface area is 95.6 Å². The Morgan fingerprint density at radius 1 is 1.31 bits per heavy atom. The Bertz CT molecular complexity index is 335. The highest BCUT2D eigenvalue weighted by molar-refractivity contribution is 5.77. The summed E-state index contributed by atoms with van der Waals surface area (Å²) in [7, 11) is 3.12. The summed E-state index contributed by atoms with van der Waals surface area (Å²) < 4.78 is 9.81. The fourth-order valence-electron chi connectivity index (χ4n) is 1.39. The quantitative estimate of drug-likeness (QED) is 0.823. The Morgan fingerprint density at radius 2 is 1.94 bits per heavy atom. The lowest BCUT2D eigenvalue weighted by molar-refractivity contribution is -0.125. The normalized spacial score (nSPS) is 11.9. The van der Waals surface area contributed by atoms with Crippen LogP contribution in [-0.4, -0.2) is 26.7 Å². The first-order chi connectivity index (χ1) is 7.67. The molecule has 0 saturated heterocycles. The molecule has 0 spiro atoms. The number of carbonyl (C=O) groups excluding carboxylic acids is 1. The van der Waals surface area contributed by atoms with Crippen molar-refractivity contribution < 1.29 is 14.3 Å². The van der Waals surface area contributed by atoms with Crippen LogP contribution in [0.3, 0.4) is 0 Å². The summed E-state index contributed by atoms with van der Waals surface area (Å²) in [4.78, 5) is 11.3. The standard InChI is InChI=1S/C12H17NO3/c1-9(13-12(14)8-15-2)10-4-6-11(16-3)7-5-10/h4-7,9H,8H2,1-3H3,(H,13,14)/t9-/m1/s1. The highest BCUT2D eigenvalue weighted by Gasteiger charge is 2.08. The lowest BCUT2D eigenvalue weighted by atomic mass is 10.1. The van der Waals surface area contributed by atoms with Gasteiger partial charge in [0.2, 0.25) is 5.91 Å². The lowest BCUT2D eigenvalue weighted by Gasteiger charge is -2.14. The minimum atomic E-state index is -0.120. The minimum Gasteiger partial charge on any atom is -0.497 e. The van der Waals surface area contributed by atoms with Crippen LogP contribution in [-0.2, 0) is 9.53 Å². The summed E-state index contributed by atoms with van der Waals surface area (Å²) in [5.41, 5.74) is 1.03. The zero-order valence-electron chi connectivity index (χ0n) is 9.82. The maximum atomic E-state index is 11.3. The van der Waals surface area contributed by atoms with E-state index in [1.807, 2.05) is 31.2 Å². The predicted molar refractivity (Wildman–Crippen MR) is 61.4 cm³/mol. The molecule has 0 aromatic heterocycles. The van der Waals surface area contributed by atoms with E-state index in [1.165, 1.54) is 7.11 Å². The molecule has 4 heteroatoms. The van der Waals surface area contributed by atoms with Crippen molar-refractivity contribution in [3.8, 4) is 5.75 Å². The highest BCUT2D eigenvalue weighted by atomic mass is 16.5. The number of hydrogen-bond acceptors (Lipinski definition) is 3. The monoisotopic (exact) mass is 223 g/mol. The van der Waals surface area contributed by atoms with Gasteiger partial charge in [0.15, 0.2) is 0 Å². The maximum Gasteiger partial charge on any atom is 0.246 e. The molecule has 0 aliphatic carbocycles. The number of hydrogen-bond donors (Lipinski definition) is 1. The van der Waals surface area contributed by atoms with E-state index in [0.29, 0.717) is 0 Å². The smallest absolute Gasteiger partial charge is 0.246 e. The minimum absolute atomic E-state index is 0.0337. The van der Waals surface area contributed by atoms with Gasteiger partial charge in [0.1, 0.15) is 12.4 Å². The van der Waals surface area contributed by atoms with E-state index >= 15 is 0 Å². The van der Waals surface area contributed by atoms with Crippen LogP contribution in [0.2, 0.25) is 0 Å². The molecule has 1 rings (SSSR count). The van der Waals surface area contributed by atoms with Crippen LogP contribution in [0.4, 0.5) is 0 Å². The molecule has 1 atom stereocenters. The van der Waals surface area contributed by atoms with E-state index in [2.05, 4.69) is 5.32 Å². The van der Waals surface area contributed by atoms with E-state index in [0.717, 1.165) is 11.3 Å². The first-order valence-corrected chi connectivity index (χ1v) is 5.09. The Hall–Kier alpha value is -1.55. The fraction of sp³-hybridized carbons (Fsp3) is 0.417. The van der Waals surface area contributed by atoms with Crippen LogP contribution in [0, 0.1) is 0 Å². The summed E-state index contributed by atoms with van der Waals surface area (Å²) >= 11 is 0. The van der Waals surface area contributed by atoms with Crippen LogP contribution in [0.15, 0.2) is 24.3 Å². The van der Waals surface area contributed by atoms with Crippen LogP contribution >= 0.6 is 0 Å². The van der Waals surface area contributed by atoms with Crippen molar-refractivity contribution in [1.82, 2.24) is 5.32 Å². The molecular weight excluding hydrogens is 206 g/mol. The summed E-state index contributed by atoms with van der Waals surface area (Å²) in [6.45, 7) is 2.01. The third-order valence-electron chi connectivity index (χ3n) is 2.27. The maximum absolute atomic E-state index is 11.3. The van der Waals surface area contributed by atoms with E-state index in [4.69, 9.17) is 9.47 Å². The third kappa shape index (κ3) is 3.55. The molecule has 0 saturated carbocycles. The SMILES string of the molecule is COCC(=O)N[C@H](C)c1ccc(OC)cc1. The van der Waals surface area contributed by atoms with E-state index in [-0.39, 0.29) is 18.6 Å². The van der Waals surface area contributed by atoms with Crippen molar-refractivity contribution in [2.45, 2.75) is 13.0 Å². The van der Waals surface area contributed by atoms with Gasteiger partial charge in [0.05, 0.1) is 13.2 Å². The Balaban J connectivity index is 2.58. The molecule has 1 amide bonds. The zero-order valence-corrected chi connectivity index (χ0v) is 9.82. The largest absolute Gasteiger partial charge is 0.497 e. The van der Waals surface area contributed by atoms with Gasteiger partial charge in [-0.25, -0.2) is 0 Å². The van der Waals surface area contributed by atoms with Crippen LogP contribution in [0.5, 0.6) is 5.75 Å². The predicted octanol–water partition coefficient (Wildman–Crippen LogP) is 1.52. The van der Waals surface area contributed by atoms with Crippen LogP contribution in [0.25, 0.3) is 0 Å². The second-order valence-electron chi connectivity index (χ2n) is 3.50. The van der Waals surface area contributed by atoms with Gasteiger partial charge in [-0.3, -0.25) is 4.79 Å². The highest BCUT2D eigenvalue weighted by Crippen LogP contribution is 2.16. The number of ether oxygens (including phenoxy) is 2. The summed E-state index contributed by atoms with van der Waals surface area (Å²) in [5.74, 6) is 0.685. The molecule has 1 aromatic rings. The average molecular weight is 223 g/mol. The zero-order chi connectivity index (χ0) is 12.0. The molecule has 0 aliphatic heterocycles. The molecule has 0 unspecified atom stereocenters. The Morgan fingerprint density at radius 3 is 2.44 bits per heavy atom. The first kappa shape index (κ1) is 12.5. The number of methoxy groups -OCH3 is 2. The molecule has 0 bridgehead atoms. The average Bonchev–Trinajstić information content (AvgIpc) is 2.29. The van der Waals surface area contributed by atoms with E-state index in [1.54, 1.807) is 7.11 Å². The molecule has 16 heavy (non-hydrogen) atoms. The molecule has 0 radical (unpaired) electrons. The molecule has 88 valence electrons. The third-order valence-corrected chi connectivity index (χ3v) is 2.27. The molecule has 0 heterocycles. The number of nitrogens with one attached hydrogen (secondary N) is 1. The second kappa shape index (κ2) is 6.12. The number of carbonyl (C=O) groups is 1. The molecule has 4 nitrogen and oxygen atoms in total. The number of rotatable bonds is 5.